The van der Waals surface area contributed by atoms with Crippen molar-refractivity contribution in [2.45, 2.75) is 25.2 Å². The summed E-state index contributed by atoms with van der Waals surface area (Å²) in [6.07, 6.45) is 2.72. The molecule has 1 amide bonds. The van der Waals surface area contributed by atoms with Gasteiger partial charge in [0.25, 0.3) is 5.91 Å². The summed E-state index contributed by atoms with van der Waals surface area (Å²) in [5.41, 5.74) is 2.95. The van der Waals surface area contributed by atoms with Gasteiger partial charge in [-0.2, -0.15) is 0 Å². The molecule has 1 saturated carbocycles. The largest absolute Gasteiger partial charge is 0.344 e. The van der Waals surface area contributed by atoms with E-state index in [1.807, 2.05) is 19.1 Å². The van der Waals surface area contributed by atoms with Crippen molar-refractivity contribution < 1.29 is 4.79 Å². The average Bonchev–Trinajstić information content (AvgIpc) is 3.23. The van der Waals surface area contributed by atoms with E-state index in [-0.39, 0.29) is 5.91 Å². The van der Waals surface area contributed by atoms with Crippen molar-refractivity contribution >= 4 is 44.7 Å². The van der Waals surface area contributed by atoms with Crippen LogP contribution in [-0.4, -0.2) is 44.5 Å². The summed E-state index contributed by atoms with van der Waals surface area (Å²) in [4.78, 5) is 24.9. The third-order valence-corrected chi connectivity index (χ3v) is 6.74. The molecule has 1 fully saturated rings. The first-order chi connectivity index (χ1) is 13.4. The molecule has 6 nitrogen and oxygen atoms in total. The van der Waals surface area contributed by atoms with Crippen LogP contribution in [0.25, 0.3) is 15.9 Å². The zero-order valence-corrected chi connectivity index (χ0v) is 17.3. The number of aryl methyl sites for hydroxylation is 1. The van der Waals surface area contributed by atoms with Crippen LogP contribution < -0.4 is 0 Å². The fourth-order valence-corrected chi connectivity index (χ4v) is 4.96. The van der Waals surface area contributed by atoms with Crippen LogP contribution in [0.1, 0.15) is 44.9 Å². The lowest BCUT2D eigenvalue weighted by atomic mass is 10.1. The van der Waals surface area contributed by atoms with Gasteiger partial charge in [-0.3, -0.25) is 4.79 Å². The Kier molecular flexibility index (Phi) is 3.93. The van der Waals surface area contributed by atoms with Crippen LogP contribution in [0.15, 0.2) is 30.6 Å². The molecule has 4 aromatic rings. The van der Waals surface area contributed by atoms with Gasteiger partial charge in [-0.25, -0.2) is 14.5 Å². The molecule has 0 radical (unpaired) electrons. The van der Waals surface area contributed by atoms with Crippen LogP contribution in [0, 0.1) is 6.92 Å². The first kappa shape index (κ1) is 17.6. The highest BCUT2D eigenvalue weighted by atomic mass is 35.5. The molecule has 28 heavy (non-hydrogen) atoms. The van der Waals surface area contributed by atoms with Gasteiger partial charge >= 0.3 is 0 Å². The SMILES string of the molecule is Cc1c(C(=O)N(C)C)sc2ncn3nc([C@@H]4C[C@@H]4c4ccc(Cl)cc4)nc3c12. The Hall–Kier alpha value is -2.51. The highest BCUT2D eigenvalue weighted by Crippen LogP contribution is 2.53. The molecular formula is C20H18ClN5OS. The summed E-state index contributed by atoms with van der Waals surface area (Å²) in [5, 5.41) is 6.34. The number of carbonyl (C=O) groups is 1. The van der Waals surface area contributed by atoms with E-state index in [1.165, 1.54) is 16.9 Å². The second kappa shape index (κ2) is 6.25. The quantitative estimate of drug-likeness (QED) is 0.505. The summed E-state index contributed by atoms with van der Waals surface area (Å²) in [5.74, 6) is 1.55. The zero-order chi connectivity index (χ0) is 19.6. The molecule has 0 aliphatic heterocycles. The normalized spacial score (nSPS) is 18.7. The van der Waals surface area contributed by atoms with E-state index in [1.54, 1.807) is 29.8 Å². The molecule has 1 aliphatic rings. The average molecular weight is 412 g/mol. The fraction of sp³-hybridized carbons (Fsp3) is 0.300. The van der Waals surface area contributed by atoms with Crippen molar-refractivity contribution in [2.24, 2.45) is 0 Å². The van der Waals surface area contributed by atoms with Crippen molar-refractivity contribution in [2.75, 3.05) is 14.1 Å². The standard InChI is InChI=1S/C20H18ClN5OS/c1-10-15-18-23-17(14-8-13(14)11-4-6-12(21)7-5-11)24-26(18)9-22-19(15)28-16(10)20(27)25(2)3/h4-7,9,13-14H,8H2,1-3H3/t13-,14-/m1/s1. The van der Waals surface area contributed by atoms with Crippen LogP contribution in [0.2, 0.25) is 5.02 Å². The Morgan fingerprint density at radius 2 is 2.00 bits per heavy atom. The summed E-state index contributed by atoms with van der Waals surface area (Å²) >= 11 is 7.41. The minimum Gasteiger partial charge on any atom is -0.344 e. The number of benzene rings is 1. The van der Waals surface area contributed by atoms with Gasteiger partial charge in [-0.05, 0) is 42.5 Å². The van der Waals surface area contributed by atoms with E-state index in [0.29, 0.717) is 16.7 Å². The van der Waals surface area contributed by atoms with E-state index in [2.05, 4.69) is 22.2 Å². The third-order valence-electron chi connectivity index (χ3n) is 5.30. The monoisotopic (exact) mass is 411 g/mol. The number of hydrogen-bond acceptors (Lipinski definition) is 5. The van der Waals surface area contributed by atoms with Crippen LogP contribution in [0.5, 0.6) is 0 Å². The van der Waals surface area contributed by atoms with Gasteiger partial charge in [0.2, 0.25) is 0 Å². The maximum absolute atomic E-state index is 12.5. The molecule has 0 spiro atoms. The molecule has 8 heteroatoms. The molecule has 0 N–H and O–H groups in total. The van der Waals surface area contributed by atoms with Gasteiger partial charge in [0, 0.05) is 25.0 Å². The van der Waals surface area contributed by atoms with Crippen molar-refractivity contribution in [3.05, 3.63) is 57.4 Å². The van der Waals surface area contributed by atoms with Crippen LogP contribution >= 0.6 is 22.9 Å². The smallest absolute Gasteiger partial charge is 0.263 e. The number of aromatic nitrogens is 4. The molecule has 0 bridgehead atoms. The molecule has 1 aromatic carbocycles. The number of hydrogen-bond donors (Lipinski definition) is 0. The maximum Gasteiger partial charge on any atom is 0.263 e. The summed E-state index contributed by atoms with van der Waals surface area (Å²) < 4.78 is 1.73. The zero-order valence-electron chi connectivity index (χ0n) is 15.7. The number of rotatable bonds is 3. The molecule has 5 rings (SSSR count). The lowest BCUT2D eigenvalue weighted by Gasteiger charge is -2.08. The van der Waals surface area contributed by atoms with Crippen LogP contribution in [-0.2, 0) is 0 Å². The van der Waals surface area contributed by atoms with Crippen molar-refractivity contribution in [3.8, 4) is 0 Å². The Balaban J connectivity index is 1.55. The first-order valence-electron chi connectivity index (χ1n) is 9.05. The van der Waals surface area contributed by atoms with Gasteiger partial charge in [0.05, 0.1) is 10.3 Å². The van der Waals surface area contributed by atoms with Gasteiger partial charge in [0.15, 0.2) is 11.5 Å². The number of halogens is 1. The van der Waals surface area contributed by atoms with E-state index in [0.717, 1.165) is 38.7 Å². The van der Waals surface area contributed by atoms with Crippen molar-refractivity contribution in [3.63, 3.8) is 0 Å². The van der Waals surface area contributed by atoms with Gasteiger partial charge in [-0.15, -0.1) is 16.4 Å². The minimum atomic E-state index is -0.0108. The predicted molar refractivity (Wildman–Crippen MR) is 110 cm³/mol. The number of fused-ring (bicyclic) bond motifs is 3. The highest BCUT2D eigenvalue weighted by molar-refractivity contribution is 7.20. The van der Waals surface area contributed by atoms with Crippen molar-refractivity contribution in [1.82, 2.24) is 24.5 Å². The second-order valence-corrected chi connectivity index (χ2v) is 8.85. The number of carbonyl (C=O) groups excluding carboxylic acids is 1. The first-order valence-corrected chi connectivity index (χ1v) is 10.2. The van der Waals surface area contributed by atoms with E-state index in [4.69, 9.17) is 16.6 Å². The molecule has 3 heterocycles. The number of amides is 1. The molecule has 3 aromatic heterocycles. The Morgan fingerprint density at radius 3 is 2.71 bits per heavy atom. The Morgan fingerprint density at radius 1 is 1.25 bits per heavy atom. The molecule has 1 aliphatic carbocycles. The maximum atomic E-state index is 12.5. The van der Waals surface area contributed by atoms with Gasteiger partial charge in [0.1, 0.15) is 11.2 Å². The molecule has 2 atom stereocenters. The summed E-state index contributed by atoms with van der Waals surface area (Å²) in [6, 6.07) is 8.00. The van der Waals surface area contributed by atoms with Crippen LogP contribution in [0.4, 0.5) is 0 Å². The number of thiophene rings is 1. The molecule has 0 saturated heterocycles. The summed E-state index contributed by atoms with van der Waals surface area (Å²) in [7, 11) is 3.52. The Bertz CT molecular complexity index is 1230. The fourth-order valence-electron chi connectivity index (χ4n) is 3.67. The van der Waals surface area contributed by atoms with E-state index >= 15 is 0 Å². The molecule has 0 unspecified atom stereocenters. The topological polar surface area (TPSA) is 63.4 Å². The van der Waals surface area contributed by atoms with Crippen molar-refractivity contribution in [1.29, 1.82) is 0 Å². The summed E-state index contributed by atoms with van der Waals surface area (Å²) in [6.45, 7) is 1.96. The third kappa shape index (κ3) is 2.69. The lowest BCUT2D eigenvalue weighted by Crippen LogP contribution is -2.21. The van der Waals surface area contributed by atoms with Gasteiger partial charge in [-0.1, -0.05) is 23.7 Å². The lowest BCUT2D eigenvalue weighted by molar-refractivity contribution is 0.0831. The van der Waals surface area contributed by atoms with E-state index in [9.17, 15) is 4.79 Å². The molecular weight excluding hydrogens is 394 g/mol. The highest BCUT2D eigenvalue weighted by Gasteiger charge is 2.42. The van der Waals surface area contributed by atoms with E-state index < -0.39 is 0 Å². The minimum absolute atomic E-state index is 0.0108. The predicted octanol–water partition coefficient (Wildman–Crippen LogP) is 4.27. The molecule has 142 valence electrons. The second-order valence-electron chi connectivity index (χ2n) is 7.42. The van der Waals surface area contributed by atoms with Gasteiger partial charge < -0.3 is 4.90 Å². The number of nitrogens with zero attached hydrogens (tertiary/aromatic N) is 5. The Labute approximate surface area is 170 Å². The van der Waals surface area contributed by atoms with Crippen LogP contribution in [0.3, 0.4) is 0 Å².